The van der Waals surface area contributed by atoms with Gasteiger partial charge in [-0.05, 0) is 11.1 Å². The van der Waals surface area contributed by atoms with Crippen LogP contribution in [0.4, 0.5) is 9.59 Å². The average molecular weight is 486 g/mol. The highest BCUT2D eigenvalue weighted by molar-refractivity contribution is 5.79. The molecule has 5 saturated heterocycles. The Morgan fingerprint density at radius 1 is 0.588 bits per heavy atom. The molecule has 0 aliphatic carbocycles. The number of hydrogen-bond acceptors (Lipinski definition) is 10. The molecule has 6 atom stereocenters. The molecule has 5 aliphatic rings. The van der Waals surface area contributed by atoms with Gasteiger partial charge in [-0.2, -0.15) is 0 Å². The largest absolute Gasteiger partial charge is 0.314 e. The van der Waals surface area contributed by atoms with E-state index in [0.717, 1.165) is 0 Å². The highest BCUT2D eigenvalue weighted by atomic mass is 16.7. The van der Waals surface area contributed by atoms with Crippen molar-refractivity contribution >= 4 is 12.1 Å². The molecule has 0 N–H and O–H groups in total. The van der Waals surface area contributed by atoms with Gasteiger partial charge in [-0.3, -0.25) is 19.4 Å². The first kappa shape index (κ1) is 21.6. The van der Waals surface area contributed by atoms with E-state index in [1.165, 1.54) is 0 Å². The molecule has 0 saturated carbocycles. The number of urea groups is 2. The van der Waals surface area contributed by atoms with Crippen molar-refractivity contribution in [3.8, 4) is 0 Å². The second-order valence-electron chi connectivity index (χ2n) is 6.71. The van der Waals surface area contributed by atoms with Crippen LogP contribution in [0.2, 0.25) is 0 Å². The summed E-state index contributed by atoms with van der Waals surface area (Å²) in [5.74, 6) is 0. The van der Waals surface area contributed by atoms with Gasteiger partial charge in [-0.15, -0.1) is 0 Å². The lowest BCUT2D eigenvalue weighted by molar-refractivity contribution is -0.746. The van der Waals surface area contributed by atoms with E-state index in [1.54, 1.807) is 0 Å². The number of amides is 4. The van der Waals surface area contributed by atoms with Crippen molar-refractivity contribution in [1.29, 1.82) is 0 Å². The second kappa shape index (κ2) is 6.93. The molecular formula is C8H6N16O10. The summed E-state index contributed by atoms with van der Waals surface area (Å²) in [6.07, 6.45) is -13.8. The summed E-state index contributed by atoms with van der Waals surface area (Å²) in [7, 11) is 0. The molecular weight excluding hydrogens is 480 g/mol. The third-order valence-corrected chi connectivity index (χ3v) is 5.56. The summed E-state index contributed by atoms with van der Waals surface area (Å²) in [6.45, 7) is 0. The Morgan fingerprint density at radius 2 is 0.824 bits per heavy atom. The minimum atomic E-state index is -2.43. The zero-order valence-electron chi connectivity index (χ0n) is 15.7. The van der Waals surface area contributed by atoms with Crippen LogP contribution in [0.3, 0.4) is 0 Å². The van der Waals surface area contributed by atoms with Crippen LogP contribution in [0.1, 0.15) is 0 Å². The van der Waals surface area contributed by atoms with Gasteiger partial charge in [-0.1, -0.05) is 20.0 Å². The summed E-state index contributed by atoms with van der Waals surface area (Å²) < 4.78 is 0. The van der Waals surface area contributed by atoms with Gasteiger partial charge in [0.1, 0.15) is 0 Å². The molecule has 0 radical (unpaired) electrons. The van der Waals surface area contributed by atoms with Crippen molar-refractivity contribution in [1.82, 2.24) is 29.8 Å². The number of nitro groups is 4. The zero-order chi connectivity index (χ0) is 25.2. The van der Waals surface area contributed by atoms with Crippen molar-refractivity contribution in [3.63, 3.8) is 0 Å². The fourth-order valence-corrected chi connectivity index (χ4v) is 4.76. The van der Waals surface area contributed by atoms with Crippen LogP contribution >= 0.6 is 0 Å². The Hall–Kier alpha value is -5.64. The predicted octanol–water partition coefficient (Wildman–Crippen LogP) is -1.56. The van der Waals surface area contributed by atoms with Gasteiger partial charge in [-0.25, -0.2) is 40.5 Å². The molecule has 6 bridgehead atoms. The first-order valence-electron chi connectivity index (χ1n) is 8.46. The predicted molar refractivity (Wildman–Crippen MR) is 90.8 cm³/mol. The summed E-state index contributed by atoms with van der Waals surface area (Å²) in [6, 6.07) is -3.45. The number of carbonyl (C=O) groups excluding carboxylic acids is 2. The Kier molecular flexibility index (Phi) is 4.40. The molecule has 26 nitrogen and oxygen atoms in total. The maximum absolute atomic E-state index is 12.6. The van der Waals surface area contributed by atoms with Crippen molar-refractivity contribution in [2.24, 2.45) is 10.2 Å². The lowest BCUT2D eigenvalue weighted by Gasteiger charge is -2.47. The smallest absolute Gasteiger partial charge is 0.278 e. The third-order valence-electron chi connectivity index (χ3n) is 5.56. The standard InChI is InChI=1S/C8H6N16O10/c9-13-11-7(25)15-1-2-16(8(26)12-14-10)4-3(15)19(23(31)32)6(20(4)24(33)34)5(17(1)21(27)28)18(2)22(29)30/h1-6H/t1-,2+,3+,4-,5?,6?. The quantitative estimate of drug-likeness (QED) is 0.142. The fourth-order valence-electron chi connectivity index (χ4n) is 4.76. The molecule has 0 aromatic heterocycles. The number of carbonyl (C=O) groups is 2. The van der Waals surface area contributed by atoms with Crippen molar-refractivity contribution in [3.05, 3.63) is 61.3 Å². The normalized spacial score (nSPS) is 30.0. The highest BCUT2D eigenvalue weighted by Crippen LogP contribution is 2.51. The fraction of sp³-hybridized carbons (Fsp3) is 0.750. The zero-order valence-corrected chi connectivity index (χ0v) is 15.7. The minimum Gasteiger partial charge on any atom is -0.278 e. The molecule has 5 rings (SSSR count). The maximum atomic E-state index is 12.6. The van der Waals surface area contributed by atoms with Gasteiger partial charge >= 0.3 is 12.1 Å². The van der Waals surface area contributed by atoms with E-state index in [0.29, 0.717) is 0 Å². The van der Waals surface area contributed by atoms with Crippen molar-refractivity contribution in [2.75, 3.05) is 0 Å². The number of piperazine rings is 1. The van der Waals surface area contributed by atoms with Gasteiger partial charge in [0.25, 0.3) is 12.3 Å². The molecule has 5 fully saturated rings. The molecule has 5 heterocycles. The van der Waals surface area contributed by atoms with E-state index >= 15 is 0 Å². The van der Waals surface area contributed by atoms with Gasteiger partial charge < -0.3 is 0 Å². The molecule has 0 aromatic carbocycles. The molecule has 0 aromatic rings. The topological polar surface area (TPSA) is 324 Å². The maximum Gasteiger partial charge on any atom is 0.314 e. The van der Waals surface area contributed by atoms with E-state index in [4.69, 9.17) is 11.1 Å². The Morgan fingerprint density at radius 3 is 1.00 bits per heavy atom. The lowest BCUT2D eigenvalue weighted by atomic mass is 10.1. The second-order valence-corrected chi connectivity index (χ2v) is 6.71. The third kappa shape index (κ3) is 2.38. The van der Waals surface area contributed by atoms with Gasteiger partial charge in [0, 0.05) is 20.1 Å². The molecule has 0 spiro atoms. The van der Waals surface area contributed by atoms with Crippen LogP contribution in [0.15, 0.2) is 10.2 Å². The Balaban J connectivity index is 2.14. The van der Waals surface area contributed by atoms with Crippen LogP contribution in [-0.2, 0) is 0 Å². The van der Waals surface area contributed by atoms with Gasteiger partial charge in [0.15, 0.2) is 20.1 Å². The van der Waals surface area contributed by atoms with E-state index in [1.807, 2.05) is 0 Å². The summed E-state index contributed by atoms with van der Waals surface area (Å²) in [5, 5.41) is 47.6. The van der Waals surface area contributed by atoms with E-state index in [-0.39, 0.29) is 29.8 Å². The molecule has 26 heteroatoms. The van der Waals surface area contributed by atoms with Crippen LogP contribution in [-0.4, -0.2) is 99.0 Å². The number of hydrogen-bond donors (Lipinski definition) is 0. The monoisotopic (exact) mass is 486 g/mol. The number of hydrazine groups is 4. The first-order chi connectivity index (χ1) is 16.0. The van der Waals surface area contributed by atoms with Crippen molar-refractivity contribution in [2.45, 2.75) is 37.0 Å². The van der Waals surface area contributed by atoms with Crippen LogP contribution in [0.25, 0.3) is 20.9 Å². The number of nitrogens with zero attached hydrogens (tertiary/aromatic N) is 16. The number of azide groups is 2. The molecule has 178 valence electrons. The minimum absolute atomic E-state index is 0.0817. The highest BCUT2D eigenvalue weighted by Gasteiger charge is 2.85. The van der Waals surface area contributed by atoms with Crippen molar-refractivity contribution < 1.29 is 29.7 Å². The average Bonchev–Trinajstić information content (AvgIpc) is 3.17. The summed E-state index contributed by atoms with van der Waals surface area (Å²) in [5.41, 5.74) is 17.3. The molecule has 34 heavy (non-hydrogen) atoms. The molecule has 2 unspecified atom stereocenters. The Bertz CT molecular complexity index is 1000. The van der Waals surface area contributed by atoms with Crippen LogP contribution in [0, 0.1) is 40.5 Å². The SMILES string of the molecule is [N-]=[N+]=NC(=O)N1[C@H]2[C@H]3N(C(=O)N=[N+]=[N-])[C@H]4[C@@H]1N([N+](=O)[O-])C(C(N2[N+](=O)[O-])N3[N+](=O)[O-])N4[N+](=O)[O-]. The van der Waals surface area contributed by atoms with E-state index in [2.05, 4.69) is 20.1 Å². The van der Waals surface area contributed by atoms with Gasteiger partial charge in [0.2, 0.25) is 24.7 Å². The lowest BCUT2D eigenvalue weighted by Crippen LogP contribution is -2.76. The first-order valence-corrected chi connectivity index (χ1v) is 8.46. The summed E-state index contributed by atoms with van der Waals surface area (Å²) in [4.78, 5) is 77.7. The van der Waals surface area contributed by atoms with Crippen LogP contribution < -0.4 is 0 Å². The van der Waals surface area contributed by atoms with Crippen LogP contribution in [0.5, 0.6) is 0 Å². The Labute approximate surface area is 181 Å². The van der Waals surface area contributed by atoms with E-state index in [9.17, 15) is 50.0 Å². The van der Waals surface area contributed by atoms with E-state index < -0.39 is 69.2 Å². The number of rotatable bonds is 4. The van der Waals surface area contributed by atoms with Gasteiger partial charge in [0.05, 0.1) is 0 Å². The summed E-state index contributed by atoms with van der Waals surface area (Å²) >= 11 is 0. The molecule has 4 amide bonds. The molecule has 5 aliphatic heterocycles.